The smallest absolute Gasteiger partial charge is 0.329 e. The number of esters is 1. The highest BCUT2D eigenvalue weighted by Crippen LogP contribution is 2.26. The van der Waals surface area contributed by atoms with Crippen molar-refractivity contribution in [2.24, 2.45) is 0 Å². The number of rotatable bonds is 9. The van der Waals surface area contributed by atoms with E-state index >= 15 is 0 Å². The van der Waals surface area contributed by atoms with Gasteiger partial charge in [-0.25, -0.2) is 4.79 Å². The van der Waals surface area contributed by atoms with Gasteiger partial charge in [-0.3, -0.25) is 19.3 Å². The van der Waals surface area contributed by atoms with Gasteiger partial charge in [0.25, 0.3) is 17.7 Å². The molecule has 1 atom stereocenters. The summed E-state index contributed by atoms with van der Waals surface area (Å²) in [5, 5.41) is 2.69. The number of carbonyl (C=O) groups is 4. The molecule has 1 aliphatic rings. The fourth-order valence-corrected chi connectivity index (χ4v) is 4.02. The van der Waals surface area contributed by atoms with Crippen LogP contribution < -0.4 is 5.32 Å². The summed E-state index contributed by atoms with van der Waals surface area (Å²) < 4.78 is 5.02. The van der Waals surface area contributed by atoms with E-state index in [4.69, 9.17) is 4.74 Å². The topological polar surface area (TPSA) is 92.8 Å². The number of hydrogen-bond donors (Lipinski definition) is 1. The molecule has 162 valence electrons. The monoisotopic (exact) mass is 440 g/mol. The molecule has 0 saturated heterocycles. The lowest BCUT2D eigenvalue weighted by molar-refractivity contribution is -0.151. The zero-order valence-electron chi connectivity index (χ0n) is 17.4. The Balaban J connectivity index is 1.40. The molecule has 0 saturated carbocycles. The molecule has 0 bridgehead atoms. The third-order valence-corrected chi connectivity index (χ3v) is 5.90. The van der Waals surface area contributed by atoms with E-state index in [2.05, 4.69) is 5.32 Å². The minimum absolute atomic E-state index is 0.265. The van der Waals surface area contributed by atoms with Crippen LogP contribution in [0.5, 0.6) is 0 Å². The molecule has 0 fully saturated rings. The molecular formula is C23H24N2O5S. The molecule has 2 aromatic carbocycles. The van der Waals surface area contributed by atoms with Gasteiger partial charge in [0.05, 0.1) is 11.1 Å². The van der Waals surface area contributed by atoms with E-state index in [9.17, 15) is 19.2 Å². The SMILES string of the molecule is Cc1ccc2c(c1)C(=O)N(C(C)C(=O)OCC(=O)NCCCSc1ccccc1)C2=O. The van der Waals surface area contributed by atoms with Crippen molar-refractivity contribution in [3.05, 3.63) is 65.2 Å². The van der Waals surface area contributed by atoms with Crippen molar-refractivity contribution in [3.63, 3.8) is 0 Å². The lowest BCUT2D eigenvalue weighted by Crippen LogP contribution is -2.44. The molecule has 1 N–H and O–H groups in total. The fourth-order valence-electron chi connectivity index (χ4n) is 3.15. The standard InChI is InChI=1S/C23H24N2O5S/c1-15-9-10-18-19(13-15)22(28)25(21(18)27)16(2)23(29)30-14-20(26)24-11-6-12-31-17-7-4-3-5-8-17/h3-5,7-10,13,16H,6,11-12,14H2,1-2H3,(H,24,26). The Morgan fingerprint density at radius 3 is 2.52 bits per heavy atom. The molecule has 0 aromatic heterocycles. The zero-order chi connectivity index (χ0) is 22.4. The van der Waals surface area contributed by atoms with E-state index in [0.717, 1.165) is 22.6 Å². The Kier molecular flexibility index (Phi) is 7.46. The average molecular weight is 441 g/mol. The number of amides is 3. The Bertz CT molecular complexity index is 993. The van der Waals surface area contributed by atoms with Gasteiger partial charge in [0.2, 0.25) is 0 Å². The third kappa shape index (κ3) is 5.52. The van der Waals surface area contributed by atoms with E-state index < -0.39 is 36.3 Å². The first-order chi connectivity index (χ1) is 14.9. The highest BCUT2D eigenvalue weighted by atomic mass is 32.2. The number of aryl methyl sites for hydroxylation is 1. The highest BCUT2D eigenvalue weighted by Gasteiger charge is 2.41. The Labute approximate surface area is 185 Å². The first kappa shape index (κ1) is 22.6. The molecule has 31 heavy (non-hydrogen) atoms. The molecule has 3 amide bonds. The van der Waals surface area contributed by atoms with Gasteiger partial charge < -0.3 is 10.1 Å². The third-order valence-electron chi connectivity index (χ3n) is 4.80. The second-order valence-electron chi connectivity index (χ2n) is 7.18. The number of carbonyl (C=O) groups excluding carboxylic acids is 4. The van der Waals surface area contributed by atoms with Gasteiger partial charge >= 0.3 is 5.97 Å². The van der Waals surface area contributed by atoms with E-state index in [-0.39, 0.29) is 11.1 Å². The van der Waals surface area contributed by atoms with Gasteiger partial charge in [-0.2, -0.15) is 0 Å². The Hall–Kier alpha value is -3.13. The Morgan fingerprint density at radius 1 is 1.06 bits per heavy atom. The number of benzene rings is 2. The van der Waals surface area contributed by atoms with Crippen LogP contribution in [0.15, 0.2) is 53.4 Å². The van der Waals surface area contributed by atoms with Crippen LogP contribution in [0.25, 0.3) is 0 Å². The first-order valence-electron chi connectivity index (χ1n) is 9.98. The van der Waals surface area contributed by atoms with Gasteiger partial charge in [-0.1, -0.05) is 29.8 Å². The molecular weight excluding hydrogens is 416 g/mol. The van der Waals surface area contributed by atoms with Crippen LogP contribution in [0.4, 0.5) is 0 Å². The Morgan fingerprint density at radius 2 is 1.77 bits per heavy atom. The minimum atomic E-state index is -1.12. The maximum atomic E-state index is 12.6. The second kappa shape index (κ2) is 10.3. The summed E-state index contributed by atoms with van der Waals surface area (Å²) in [7, 11) is 0. The average Bonchev–Trinajstić information content (AvgIpc) is 3.01. The molecule has 0 spiro atoms. The highest BCUT2D eigenvalue weighted by molar-refractivity contribution is 7.99. The summed E-state index contributed by atoms with van der Waals surface area (Å²) in [5.41, 5.74) is 1.38. The van der Waals surface area contributed by atoms with Crippen molar-refractivity contribution < 1.29 is 23.9 Å². The maximum Gasteiger partial charge on any atom is 0.329 e. The van der Waals surface area contributed by atoms with Gasteiger partial charge in [0.15, 0.2) is 6.61 Å². The molecule has 1 heterocycles. The second-order valence-corrected chi connectivity index (χ2v) is 8.35. The van der Waals surface area contributed by atoms with Gasteiger partial charge in [0.1, 0.15) is 6.04 Å². The lowest BCUT2D eigenvalue weighted by atomic mass is 10.1. The van der Waals surface area contributed by atoms with Crippen molar-refractivity contribution in [1.82, 2.24) is 10.2 Å². The van der Waals surface area contributed by atoms with Crippen LogP contribution >= 0.6 is 11.8 Å². The summed E-state index contributed by atoms with van der Waals surface area (Å²) >= 11 is 1.70. The number of hydrogen-bond acceptors (Lipinski definition) is 6. The summed E-state index contributed by atoms with van der Waals surface area (Å²) in [4.78, 5) is 51.4. The van der Waals surface area contributed by atoms with Crippen molar-refractivity contribution in [2.75, 3.05) is 18.9 Å². The lowest BCUT2D eigenvalue weighted by Gasteiger charge is -2.20. The molecule has 1 aliphatic heterocycles. The normalized spacial score (nSPS) is 13.7. The van der Waals surface area contributed by atoms with Crippen molar-refractivity contribution in [2.45, 2.75) is 31.2 Å². The van der Waals surface area contributed by atoms with Crippen molar-refractivity contribution >= 4 is 35.5 Å². The van der Waals surface area contributed by atoms with Crippen LogP contribution in [0.1, 0.15) is 39.6 Å². The molecule has 7 nitrogen and oxygen atoms in total. The van der Waals surface area contributed by atoms with Crippen LogP contribution in [-0.2, 0) is 14.3 Å². The van der Waals surface area contributed by atoms with E-state index in [1.54, 1.807) is 30.0 Å². The van der Waals surface area contributed by atoms with Crippen LogP contribution in [0, 0.1) is 6.92 Å². The molecule has 0 aliphatic carbocycles. The first-order valence-corrected chi connectivity index (χ1v) is 11.0. The van der Waals surface area contributed by atoms with Crippen molar-refractivity contribution in [1.29, 1.82) is 0 Å². The maximum absolute atomic E-state index is 12.6. The van der Waals surface area contributed by atoms with Crippen LogP contribution in [0.3, 0.4) is 0 Å². The number of ether oxygens (including phenoxy) is 1. The fraction of sp³-hybridized carbons (Fsp3) is 0.304. The van der Waals surface area contributed by atoms with Crippen LogP contribution in [0.2, 0.25) is 0 Å². The molecule has 0 radical (unpaired) electrons. The molecule has 3 rings (SSSR count). The van der Waals surface area contributed by atoms with Crippen LogP contribution in [-0.4, -0.2) is 53.5 Å². The number of nitrogens with zero attached hydrogens (tertiary/aromatic N) is 1. The number of fused-ring (bicyclic) bond motifs is 1. The van der Waals surface area contributed by atoms with E-state index in [1.807, 2.05) is 37.3 Å². The molecule has 8 heteroatoms. The summed E-state index contributed by atoms with van der Waals surface area (Å²) in [6.45, 7) is 3.23. The molecule has 2 aromatic rings. The van der Waals surface area contributed by atoms with E-state index in [0.29, 0.717) is 6.54 Å². The predicted octanol–water partition coefficient (Wildman–Crippen LogP) is 2.82. The van der Waals surface area contributed by atoms with Gasteiger partial charge in [-0.15, -0.1) is 11.8 Å². The number of imide groups is 1. The largest absolute Gasteiger partial charge is 0.454 e. The van der Waals surface area contributed by atoms with Crippen molar-refractivity contribution in [3.8, 4) is 0 Å². The predicted molar refractivity (Wildman–Crippen MR) is 117 cm³/mol. The van der Waals surface area contributed by atoms with Gasteiger partial charge in [0, 0.05) is 11.4 Å². The summed E-state index contributed by atoms with van der Waals surface area (Å²) in [5.74, 6) is -1.46. The molecule has 1 unspecified atom stereocenters. The number of thioether (sulfide) groups is 1. The summed E-state index contributed by atoms with van der Waals surface area (Å²) in [6.07, 6.45) is 0.768. The quantitative estimate of drug-likeness (QED) is 0.279. The minimum Gasteiger partial charge on any atom is -0.454 e. The summed E-state index contributed by atoms with van der Waals surface area (Å²) in [6, 6.07) is 13.8. The van der Waals surface area contributed by atoms with Gasteiger partial charge in [-0.05, 0) is 50.3 Å². The van der Waals surface area contributed by atoms with E-state index in [1.165, 1.54) is 11.8 Å². The number of nitrogens with one attached hydrogen (secondary N) is 1. The zero-order valence-corrected chi connectivity index (χ0v) is 18.2.